The van der Waals surface area contributed by atoms with Gasteiger partial charge in [-0.25, -0.2) is 0 Å². The molecule has 2 heterocycles. The lowest BCUT2D eigenvalue weighted by Gasteiger charge is -2.44. The summed E-state index contributed by atoms with van der Waals surface area (Å²) in [7, 11) is 1.57. The predicted octanol–water partition coefficient (Wildman–Crippen LogP) is -0.514. The van der Waals surface area contributed by atoms with E-state index in [1.165, 1.54) is 0 Å². The lowest BCUT2D eigenvalue weighted by molar-refractivity contribution is -0.144. The maximum Gasteiger partial charge on any atom is 0.225 e. The zero-order valence-corrected chi connectivity index (χ0v) is 12.7. The molecule has 3 aliphatic rings. The largest absolute Gasteiger partial charge is 0.359 e. The van der Waals surface area contributed by atoms with E-state index >= 15 is 0 Å². The molecule has 1 saturated carbocycles. The Bertz CT molecular complexity index is 558. The highest BCUT2D eigenvalue weighted by Gasteiger charge is 2.48. The smallest absolute Gasteiger partial charge is 0.225 e. The van der Waals surface area contributed by atoms with E-state index in [4.69, 9.17) is 5.26 Å². The van der Waals surface area contributed by atoms with Gasteiger partial charge in [0.1, 0.15) is 0 Å². The fraction of sp³-hybridized carbons (Fsp3) is 0.733. The summed E-state index contributed by atoms with van der Waals surface area (Å²) < 4.78 is 0. The zero-order valence-electron chi connectivity index (χ0n) is 12.7. The molecule has 3 amide bonds. The fourth-order valence-electron chi connectivity index (χ4n) is 3.20. The van der Waals surface area contributed by atoms with Gasteiger partial charge in [0.25, 0.3) is 0 Å². The van der Waals surface area contributed by atoms with Gasteiger partial charge >= 0.3 is 0 Å². The van der Waals surface area contributed by atoms with Crippen molar-refractivity contribution in [1.29, 1.82) is 5.26 Å². The molecule has 0 aromatic heterocycles. The first kappa shape index (κ1) is 14.8. The molecular formula is C15H20N4O3. The number of likely N-dealkylation sites (tertiary alicyclic amines) is 2. The van der Waals surface area contributed by atoms with Crippen molar-refractivity contribution in [1.82, 2.24) is 15.1 Å². The van der Waals surface area contributed by atoms with Crippen LogP contribution in [-0.4, -0.2) is 60.2 Å². The Kier molecular flexibility index (Phi) is 3.55. The van der Waals surface area contributed by atoms with Crippen molar-refractivity contribution < 1.29 is 14.4 Å². The topological polar surface area (TPSA) is 93.5 Å². The molecule has 1 unspecified atom stereocenters. The van der Waals surface area contributed by atoms with Crippen LogP contribution in [-0.2, 0) is 14.4 Å². The van der Waals surface area contributed by atoms with Crippen molar-refractivity contribution in [2.45, 2.75) is 31.7 Å². The highest BCUT2D eigenvalue weighted by molar-refractivity contribution is 5.89. The molecule has 7 nitrogen and oxygen atoms in total. The van der Waals surface area contributed by atoms with Gasteiger partial charge in [-0.2, -0.15) is 5.26 Å². The van der Waals surface area contributed by atoms with Crippen molar-refractivity contribution in [3.63, 3.8) is 0 Å². The molecule has 1 aliphatic carbocycles. The monoisotopic (exact) mass is 304 g/mol. The second-order valence-corrected chi connectivity index (χ2v) is 6.58. The molecule has 7 heteroatoms. The predicted molar refractivity (Wildman–Crippen MR) is 76.2 cm³/mol. The molecule has 3 fully saturated rings. The van der Waals surface area contributed by atoms with Gasteiger partial charge in [0, 0.05) is 39.5 Å². The molecule has 0 bridgehead atoms. The summed E-state index contributed by atoms with van der Waals surface area (Å²) in [6.07, 6.45) is 2.17. The normalized spacial score (nSPS) is 26.4. The Labute approximate surface area is 129 Å². The third-order valence-corrected chi connectivity index (χ3v) is 5.01. The summed E-state index contributed by atoms with van der Waals surface area (Å²) in [5.41, 5.74) is -0.421. The van der Waals surface area contributed by atoms with Crippen LogP contribution in [0.5, 0.6) is 0 Å². The molecule has 1 N–H and O–H groups in total. The summed E-state index contributed by atoms with van der Waals surface area (Å²) in [6, 6.07) is 2.24. The third-order valence-electron chi connectivity index (χ3n) is 5.01. The molecule has 0 aromatic carbocycles. The zero-order chi connectivity index (χ0) is 15.9. The van der Waals surface area contributed by atoms with Gasteiger partial charge in [-0.15, -0.1) is 0 Å². The molecule has 0 radical (unpaired) electrons. The first-order valence-electron chi connectivity index (χ1n) is 7.68. The van der Waals surface area contributed by atoms with E-state index in [-0.39, 0.29) is 36.1 Å². The van der Waals surface area contributed by atoms with E-state index in [1.807, 2.05) is 0 Å². The van der Waals surface area contributed by atoms with E-state index in [9.17, 15) is 14.4 Å². The Balaban J connectivity index is 1.49. The molecule has 118 valence electrons. The van der Waals surface area contributed by atoms with Crippen LogP contribution >= 0.6 is 0 Å². The Morgan fingerprint density at radius 3 is 2.59 bits per heavy atom. The molecule has 3 rings (SSSR count). The van der Waals surface area contributed by atoms with Crippen LogP contribution < -0.4 is 5.32 Å². The molecular weight excluding hydrogens is 284 g/mol. The van der Waals surface area contributed by atoms with Crippen LogP contribution in [0, 0.1) is 22.7 Å². The van der Waals surface area contributed by atoms with Crippen molar-refractivity contribution >= 4 is 17.7 Å². The Hall–Kier alpha value is -2.10. The summed E-state index contributed by atoms with van der Waals surface area (Å²) >= 11 is 0. The van der Waals surface area contributed by atoms with Crippen LogP contribution in [0.4, 0.5) is 0 Å². The molecule has 0 aromatic rings. The first-order chi connectivity index (χ1) is 10.5. The minimum Gasteiger partial charge on any atom is -0.359 e. The lowest BCUT2D eigenvalue weighted by Crippen LogP contribution is -2.61. The summed E-state index contributed by atoms with van der Waals surface area (Å²) in [6.45, 7) is 1.48. The number of hydrogen-bond donors (Lipinski definition) is 1. The number of amides is 3. The van der Waals surface area contributed by atoms with Gasteiger partial charge in [-0.3, -0.25) is 14.4 Å². The molecule has 22 heavy (non-hydrogen) atoms. The number of nitriles is 1. The SMILES string of the molecule is CNC(=O)C1CC(=O)N(C2CN(C(=O)CC3(C#N)CC3)C2)C1. The minimum absolute atomic E-state index is 0.00444. The van der Waals surface area contributed by atoms with Crippen molar-refractivity contribution in [3.8, 4) is 6.07 Å². The van der Waals surface area contributed by atoms with Crippen LogP contribution in [0.3, 0.4) is 0 Å². The molecule has 0 spiro atoms. The number of hydrogen-bond acceptors (Lipinski definition) is 4. The highest BCUT2D eigenvalue weighted by atomic mass is 16.2. The van der Waals surface area contributed by atoms with Gasteiger partial charge < -0.3 is 15.1 Å². The van der Waals surface area contributed by atoms with Gasteiger partial charge in [0.2, 0.25) is 17.7 Å². The number of carbonyl (C=O) groups is 3. The van der Waals surface area contributed by atoms with Gasteiger partial charge in [0.15, 0.2) is 0 Å². The van der Waals surface area contributed by atoms with E-state index in [2.05, 4.69) is 11.4 Å². The summed E-state index contributed by atoms with van der Waals surface area (Å²) in [5, 5.41) is 11.6. The molecule has 2 saturated heterocycles. The van der Waals surface area contributed by atoms with Crippen LogP contribution in [0.2, 0.25) is 0 Å². The van der Waals surface area contributed by atoms with Crippen LogP contribution in [0.1, 0.15) is 25.7 Å². The van der Waals surface area contributed by atoms with E-state index in [1.54, 1.807) is 16.8 Å². The van der Waals surface area contributed by atoms with E-state index in [0.29, 0.717) is 26.1 Å². The maximum atomic E-state index is 12.1. The van der Waals surface area contributed by atoms with Crippen molar-refractivity contribution in [3.05, 3.63) is 0 Å². The average Bonchev–Trinajstić information content (AvgIpc) is 3.12. The van der Waals surface area contributed by atoms with Crippen molar-refractivity contribution in [2.24, 2.45) is 11.3 Å². The summed E-state index contributed by atoms with van der Waals surface area (Å²) in [4.78, 5) is 39.2. The van der Waals surface area contributed by atoms with Gasteiger partial charge in [-0.1, -0.05) is 0 Å². The highest BCUT2D eigenvalue weighted by Crippen LogP contribution is 2.48. The summed E-state index contributed by atoms with van der Waals surface area (Å²) in [5.74, 6) is -0.394. The Morgan fingerprint density at radius 1 is 1.36 bits per heavy atom. The first-order valence-corrected chi connectivity index (χ1v) is 7.68. The fourth-order valence-corrected chi connectivity index (χ4v) is 3.20. The third kappa shape index (κ3) is 2.54. The number of rotatable bonds is 4. The Morgan fingerprint density at radius 2 is 2.05 bits per heavy atom. The minimum atomic E-state index is -0.421. The van der Waals surface area contributed by atoms with Crippen LogP contribution in [0.15, 0.2) is 0 Å². The average molecular weight is 304 g/mol. The van der Waals surface area contributed by atoms with E-state index in [0.717, 1.165) is 12.8 Å². The maximum absolute atomic E-state index is 12.1. The second-order valence-electron chi connectivity index (χ2n) is 6.58. The number of carbonyl (C=O) groups excluding carboxylic acids is 3. The number of nitrogens with one attached hydrogen (secondary N) is 1. The lowest BCUT2D eigenvalue weighted by atomic mass is 10.0. The van der Waals surface area contributed by atoms with E-state index < -0.39 is 5.41 Å². The standard InChI is InChI=1S/C15H20N4O3/c1-17-14(22)10-4-12(20)19(6-10)11-7-18(8-11)13(21)5-15(9-16)2-3-15/h10-11H,2-8H2,1H3,(H,17,22). The number of nitrogens with zero attached hydrogens (tertiary/aromatic N) is 3. The van der Waals surface area contributed by atoms with Crippen LogP contribution in [0.25, 0.3) is 0 Å². The van der Waals surface area contributed by atoms with Gasteiger partial charge in [-0.05, 0) is 12.8 Å². The quantitative estimate of drug-likeness (QED) is 0.756. The molecule has 2 aliphatic heterocycles. The second kappa shape index (κ2) is 5.27. The molecule has 1 atom stereocenters. The van der Waals surface area contributed by atoms with Gasteiger partial charge in [0.05, 0.1) is 23.4 Å². The van der Waals surface area contributed by atoms with Crippen molar-refractivity contribution in [2.75, 3.05) is 26.7 Å².